The summed E-state index contributed by atoms with van der Waals surface area (Å²) >= 11 is 0. The van der Waals surface area contributed by atoms with Gasteiger partial charge in [-0.1, -0.05) is 18.2 Å². The van der Waals surface area contributed by atoms with Crippen LogP contribution in [0.15, 0.2) is 52.4 Å². The molecule has 0 fully saturated rings. The number of benzene rings is 1. The van der Waals surface area contributed by atoms with Gasteiger partial charge in [-0.3, -0.25) is 14.2 Å². The van der Waals surface area contributed by atoms with Gasteiger partial charge in [-0.25, -0.2) is 9.37 Å². The average molecular weight is 340 g/mol. The molecule has 7 heteroatoms. The van der Waals surface area contributed by atoms with Crippen molar-refractivity contribution in [3.63, 3.8) is 0 Å². The molecule has 0 saturated carbocycles. The van der Waals surface area contributed by atoms with Crippen LogP contribution in [0.5, 0.6) is 0 Å². The molecule has 2 aromatic heterocycles. The van der Waals surface area contributed by atoms with E-state index < -0.39 is 5.82 Å². The van der Waals surface area contributed by atoms with Crippen LogP contribution < -0.4 is 10.9 Å². The van der Waals surface area contributed by atoms with Gasteiger partial charge in [-0.2, -0.15) is 0 Å². The number of anilines is 1. The predicted octanol–water partition coefficient (Wildman–Crippen LogP) is 2.30. The first-order valence-corrected chi connectivity index (χ1v) is 7.77. The number of halogens is 1. The van der Waals surface area contributed by atoms with Crippen molar-refractivity contribution in [3.8, 4) is 0 Å². The Hall–Kier alpha value is -3.06. The van der Waals surface area contributed by atoms with Crippen LogP contribution in [0.3, 0.4) is 0 Å². The van der Waals surface area contributed by atoms with Gasteiger partial charge < -0.3 is 10.4 Å². The summed E-state index contributed by atoms with van der Waals surface area (Å²) in [5.41, 5.74) is 1.35. The minimum Gasteiger partial charge on any atom is -0.395 e. The molecule has 0 saturated heterocycles. The number of aromatic nitrogens is 2. The number of pyridine rings is 1. The Balaban J connectivity index is 2.16. The van der Waals surface area contributed by atoms with Gasteiger partial charge in [0.15, 0.2) is 0 Å². The maximum absolute atomic E-state index is 13.7. The highest BCUT2D eigenvalue weighted by atomic mass is 19.1. The van der Waals surface area contributed by atoms with Crippen molar-refractivity contribution in [1.29, 1.82) is 0 Å². The number of hydrogen-bond donors (Lipinski definition) is 2. The number of aryl methyl sites for hydroxylation is 1. The van der Waals surface area contributed by atoms with E-state index in [-0.39, 0.29) is 30.0 Å². The molecule has 3 rings (SSSR count). The molecule has 0 spiro atoms. The second-order valence-corrected chi connectivity index (χ2v) is 5.42. The summed E-state index contributed by atoms with van der Waals surface area (Å²) in [6.45, 7) is 1.97. The molecule has 128 valence electrons. The number of nitrogens with zero attached hydrogens (tertiary/aromatic N) is 3. The van der Waals surface area contributed by atoms with Crippen molar-refractivity contribution in [3.05, 3.63) is 69.9 Å². The Morgan fingerprint density at radius 3 is 2.88 bits per heavy atom. The van der Waals surface area contributed by atoms with E-state index in [0.29, 0.717) is 11.5 Å². The standard InChI is InChI=1S/C18H17FN4O2/c1-12-5-4-9-23-17(12)22-16(20-8-10-24)13(18(23)25)11-21-15-7-3-2-6-14(15)19/h2-7,9,11,20,24H,8,10H2,1H3. The van der Waals surface area contributed by atoms with Gasteiger partial charge in [0.1, 0.15) is 22.8 Å². The van der Waals surface area contributed by atoms with Gasteiger partial charge in [-0.15, -0.1) is 0 Å². The van der Waals surface area contributed by atoms with E-state index in [1.165, 1.54) is 22.7 Å². The minimum atomic E-state index is -0.478. The first-order chi connectivity index (χ1) is 12.1. The fourth-order valence-electron chi connectivity index (χ4n) is 2.43. The SMILES string of the molecule is Cc1cccn2c(=O)c(C=Nc3ccccc3F)c(NCCO)nc12. The first kappa shape index (κ1) is 16.8. The van der Waals surface area contributed by atoms with Crippen molar-refractivity contribution in [1.82, 2.24) is 9.38 Å². The Labute approximate surface area is 143 Å². The third-order valence-electron chi connectivity index (χ3n) is 3.67. The molecule has 2 N–H and O–H groups in total. The van der Waals surface area contributed by atoms with Crippen molar-refractivity contribution in [2.75, 3.05) is 18.5 Å². The second-order valence-electron chi connectivity index (χ2n) is 5.42. The summed E-state index contributed by atoms with van der Waals surface area (Å²) in [7, 11) is 0. The van der Waals surface area contributed by atoms with Gasteiger partial charge in [0.2, 0.25) is 0 Å². The predicted molar refractivity (Wildman–Crippen MR) is 95.4 cm³/mol. The van der Waals surface area contributed by atoms with Crippen LogP contribution in [-0.4, -0.2) is 33.9 Å². The number of para-hydroxylation sites is 1. The topological polar surface area (TPSA) is 79.0 Å². The lowest BCUT2D eigenvalue weighted by atomic mass is 10.2. The summed E-state index contributed by atoms with van der Waals surface area (Å²) in [5.74, 6) is -0.179. The lowest BCUT2D eigenvalue weighted by Gasteiger charge is -2.10. The molecule has 0 unspecified atom stereocenters. The fourth-order valence-corrected chi connectivity index (χ4v) is 2.43. The van der Waals surface area contributed by atoms with Crippen LogP contribution in [0.25, 0.3) is 5.65 Å². The van der Waals surface area contributed by atoms with Crippen molar-refractivity contribution >= 4 is 23.4 Å². The van der Waals surface area contributed by atoms with E-state index >= 15 is 0 Å². The Morgan fingerprint density at radius 2 is 2.12 bits per heavy atom. The number of aliphatic hydroxyl groups excluding tert-OH is 1. The molecule has 0 aliphatic rings. The van der Waals surface area contributed by atoms with Crippen molar-refractivity contribution in [2.24, 2.45) is 4.99 Å². The highest BCUT2D eigenvalue weighted by Gasteiger charge is 2.12. The highest BCUT2D eigenvalue weighted by molar-refractivity contribution is 5.88. The average Bonchev–Trinajstić information content (AvgIpc) is 2.61. The van der Waals surface area contributed by atoms with Crippen LogP contribution >= 0.6 is 0 Å². The zero-order valence-corrected chi connectivity index (χ0v) is 13.6. The lowest BCUT2D eigenvalue weighted by Crippen LogP contribution is -2.23. The van der Waals surface area contributed by atoms with Crippen LogP contribution in [0.1, 0.15) is 11.1 Å². The van der Waals surface area contributed by atoms with Gasteiger partial charge in [0, 0.05) is 19.0 Å². The maximum atomic E-state index is 13.7. The summed E-state index contributed by atoms with van der Waals surface area (Å²) in [4.78, 5) is 21.3. The van der Waals surface area contributed by atoms with Gasteiger partial charge in [-0.05, 0) is 30.7 Å². The molecule has 0 bridgehead atoms. The van der Waals surface area contributed by atoms with E-state index in [1.54, 1.807) is 24.4 Å². The number of rotatable bonds is 5. The highest BCUT2D eigenvalue weighted by Crippen LogP contribution is 2.17. The molecule has 6 nitrogen and oxygen atoms in total. The number of fused-ring (bicyclic) bond motifs is 1. The molecule has 0 aliphatic heterocycles. The summed E-state index contributed by atoms with van der Waals surface area (Å²) in [6.07, 6.45) is 2.91. The molecule has 0 atom stereocenters. The van der Waals surface area contributed by atoms with E-state index in [0.717, 1.165) is 5.56 Å². The number of hydrogen-bond acceptors (Lipinski definition) is 5. The fraction of sp³-hybridized carbons (Fsp3) is 0.167. The molecule has 0 radical (unpaired) electrons. The monoisotopic (exact) mass is 340 g/mol. The third-order valence-corrected chi connectivity index (χ3v) is 3.67. The largest absolute Gasteiger partial charge is 0.395 e. The summed E-state index contributed by atoms with van der Waals surface area (Å²) in [5, 5.41) is 12.0. The van der Waals surface area contributed by atoms with E-state index in [1.807, 2.05) is 13.0 Å². The quantitative estimate of drug-likeness (QED) is 0.699. The van der Waals surface area contributed by atoms with Crippen LogP contribution in [-0.2, 0) is 0 Å². The molecule has 0 aliphatic carbocycles. The number of aliphatic imine (C=N–C) groups is 1. The van der Waals surface area contributed by atoms with Crippen LogP contribution in [0, 0.1) is 12.7 Å². The van der Waals surface area contributed by atoms with E-state index in [9.17, 15) is 9.18 Å². The van der Waals surface area contributed by atoms with Crippen molar-refractivity contribution in [2.45, 2.75) is 6.92 Å². The molecule has 25 heavy (non-hydrogen) atoms. The smallest absolute Gasteiger partial charge is 0.268 e. The number of nitrogens with one attached hydrogen (secondary N) is 1. The van der Waals surface area contributed by atoms with Gasteiger partial charge in [0.05, 0.1) is 12.3 Å². The van der Waals surface area contributed by atoms with Crippen LogP contribution in [0.4, 0.5) is 15.9 Å². The molecule has 2 heterocycles. The molecular weight excluding hydrogens is 323 g/mol. The van der Waals surface area contributed by atoms with Crippen LogP contribution in [0.2, 0.25) is 0 Å². The third kappa shape index (κ3) is 3.41. The van der Waals surface area contributed by atoms with Gasteiger partial charge in [0.25, 0.3) is 5.56 Å². The zero-order valence-electron chi connectivity index (χ0n) is 13.6. The van der Waals surface area contributed by atoms with E-state index in [2.05, 4.69) is 15.3 Å². The maximum Gasteiger partial charge on any atom is 0.268 e. The molecule has 1 aromatic carbocycles. The molecule has 0 amide bonds. The summed E-state index contributed by atoms with van der Waals surface area (Å²) < 4.78 is 15.2. The Kier molecular flexibility index (Phi) is 4.85. The first-order valence-electron chi connectivity index (χ1n) is 7.77. The minimum absolute atomic E-state index is 0.112. The Morgan fingerprint density at radius 1 is 1.32 bits per heavy atom. The normalized spacial score (nSPS) is 11.3. The van der Waals surface area contributed by atoms with E-state index in [4.69, 9.17) is 5.11 Å². The van der Waals surface area contributed by atoms with Crippen molar-refractivity contribution < 1.29 is 9.50 Å². The Bertz CT molecular complexity index is 998. The van der Waals surface area contributed by atoms with Gasteiger partial charge >= 0.3 is 0 Å². The zero-order chi connectivity index (χ0) is 17.8. The summed E-state index contributed by atoms with van der Waals surface area (Å²) in [6, 6.07) is 9.65. The molecular formula is C18H17FN4O2. The second kappa shape index (κ2) is 7.23. The lowest BCUT2D eigenvalue weighted by molar-refractivity contribution is 0.311. The molecule has 3 aromatic rings. The number of aliphatic hydroxyl groups is 1.